The van der Waals surface area contributed by atoms with Gasteiger partial charge in [0.05, 0.1) is 18.8 Å². The number of amides is 4. The lowest BCUT2D eigenvalue weighted by Gasteiger charge is -2.44. The third kappa shape index (κ3) is 3.12. The molecule has 1 spiro atoms. The minimum absolute atomic E-state index is 0.0706. The lowest BCUT2D eigenvalue weighted by atomic mass is 9.78. The molecule has 1 N–H and O–H groups in total. The Kier molecular flexibility index (Phi) is 4.57. The highest BCUT2D eigenvalue weighted by molar-refractivity contribution is 6.09. The Morgan fingerprint density at radius 1 is 1.17 bits per heavy atom. The van der Waals surface area contributed by atoms with Crippen molar-refractivity contribution in [2.45, 2.75) is 62.6 Å². The molecule has 2 aliphatic carbocycles. The molecule has 7 nitrogen and oxygen atoms in total. The second kappa shape index (κ2) is 7.13. The van der Waals surface area contributed by atoms with Gasteiger partial charge in [-0.3, -0.25) is 14.5 Å². The van der Waals surface area contributed by atoms with Crippen molar-refractivity contribution in [1.29, 1.82) is 0 Å². The Bertz CT molecular complexity index is 854. The van der Waals surface area contributed by atoms with Gasteiger partial charge in [-0.25, -0.2) is 4.79 Å². The summed E-state index contributed by atoms with van der Waals surface area (Å²) in [5, 5.41) is 2.92. The highest BCUT2D eigenvalue weighted by atomic mass is 16.5. The number of carbonyl (C=O) groups is 3. The second-order valence-electron chi connectivity index (χ2n) is 8.70. The summed E-state index contributed by atoms with van der Waals surface area (Å²) >= 11 is 0. The smallest absolute Gasteiger partial charge is 0.325 e. The molecule has 0 aromatic heterocycles. The molecule has 5 rings (SSSR count). The number of nitrogens with one attached hydrogen (secondary N) is 1. The van der Waals surface area contributed by atoms with Crippen molar-refractivity contribution in [2.24, 2.45) is 0 Å². The zero-order valence-corrected chi connectivity index (χ0v) is 16.6. The molecule has 1 saturated carbocycles. The van der Waals surface area contributed by atoms with E-state index in [0.717, 1.165) is 42.6 Å². The number of carbonyl (C=O) groups excluding carboxylic acids is 3. The monoisotopic (exact) mass is 397 g/mol. The molecule has 3 atom stereocenters. The Labute approximate surface area is 170 Å². The van der Waals surface area contributed by atoms with Crippen molar-refractivity contribution in [1.82, 2.24) is 15.1 Å². The fourth-order valence-electron chi connectivity index (χ4n) is 5.48. The summed E-state index contributed by atoms with van der Waals surface area (Å²) in [5.41, 5.74) is 1.41. The van der Waals surface area contributed by atoms with Crippen LogP contribution in [0.4, 0.5) is 4.79 Å². The van der Waals surface area contributed by atoms with Gasteiger partial charge >= 0.3 is 6.03 Å². The molecule has 2 heterocycles. The standard InChI is InChI=1S/C22H27N3O4/c26-19(24-11-12-29-18-8-4-3-7-17(18)24)14-25-20(27)22(23-21(25)28)10-9-15-5-1-2-6-16(15)13-22/h1-2,5-6,17-18H,3-4,7-14H2,(H,23,28). The SMILES string of the molecule is O=C1NC2(CCc3ccccc3C2)C(=O)N1CC(=O)N1CCOC2CCCCC21. The molecule has 4 amide bonds. The quantitative estimate of drug-likeness (QED) is 0.770. The molecule has 3 fully saturated rings. The zero-order chi connectivity index (χ0) is 20.0. The molecule has 1 aromatic rings. The van der Waals surface area contributed by atoms with Crippen molar-refractivity contribution in [3.05, 3.63) is 35.4 Å². The summed E-state index contributed by atoms with van der Waals surface area (Å²) in [6, 6.07) is 7.67. The van der Waals surface area contributed by atoms with Crippen LogP contribution in [-0.4, -0.2) is 65.0 Å². The Hall–Kier alpha value is -2.41. The number of hydrogen-bond donors (Lipinski definition) is 1. The van der Waals surface area contributed by atoms with Gasteiger partial charge in [-0.15, -0.1) is 0 Å². The number of fused-ring (bicyclic) bond motifs is 2. The van der Waals surface area contributed by atoms with Gasteiger partial charge in [-0.05, 0) is 36.8 Å². The van der Waals surface area contributed by atoms with E-state index >= 15 is 0 Å². The first-order valence-corrected chi connectivity index (χ1v) is 10.7. The molecule has 7 heteroatoms. The predicted molar refractivity (Wildman–Crippen MR) is 105 cm³/mol. The largest absolute Gasteiger partial charge is 0.374 e. The number of aryl methyl sites for hydroxylation is 1. The molecule has 0 radical (unpaired) electrons. The number of nitrogens with zero attached hydrogens (tertiary/aromatic N) is 2. The first-order chi connectivity index (χ1) is 14.1. The highest BCUT2D eigenvalue weighted by Gasteiger charge is 2.53. The minimum Gasteiger partial charge on any atom is -0.374 e. The number of morpholine rings is 1. The molecule has 4 aliphatic rings. The minimum atomic E-state index is -0.913. The first kappa shape index (κ1) is 18.6. The van der Waals surface area contributed by atoms with Crippen LogP contribution in [0.15, 0.2) is 24.3 Å². The Balaban J connectivity index is 1.31. The number of urea groups is 1. The number of ether oxygens (including phenoxy) is 1. The topological polar surface area (TPSA) is 79.0 Å². The number of rotatable bonds is 2. The van der Waals surface area contributed by atoms with E-state index in [9.17, 15) is 14.4 Å². The average Bonchev–Trinajstić information content (AvgIpc) is 2.97. The van der Waals surface area contributed by atoms with Crippen LogP contribution in [0.3, 0.4) is 0 Å². The van der Waals surface area contributed by atoms with Crippen LogP contribution in [-0.2, 0) is 27.2 Å². The number of imide groups is 1. The Morgan fingerprint density at radius 2 is 1.97 bits per heavy atom. The summed E-state index contributed by atoms with van der Waals surface area (Å²) in [7, 11) is 0. The van der Waals surface area contributed by atoms with Crippen LogP contribution < -0.4 is 5.32 Å². The van der Waals surface area contributed by atoms with Crippen molar-refractivity contribution in [3.63, 3.8) is 0 Å². The van der Waals surface area contributed by atoms with Gasteiger partial charge in [-0.2, -0.15) is 0 Å². The molecule has 29 heavy (non-hydrogen) atoms. The maximum Gasteiger partial charge on any atom is 0.325 e. The van der Waals surface area contributed by atoms with Crippen molar-refractivity contribution in [2.75, 3.05) is 19.7 Å². The molecular formula is C22H27N3O4. The molecule has 2 saturated heterocycles. The molecular weight excluding hydrogens is 370 g/mol. The van der Waals surface area contributed by atoms with Gasteiger partial charge in [0.1, 0.15) is 12.1 Å². The molecule has 1 aromatic carbocycles. The van der Waals surface area contributed by atoms with Crippen LogP contribution in [0, 0.1) is 0 Å². The Morgan fingerprint density at radius 3 is 2.83 bits per heavy atom. The van der Waals surface area contributed by atoms with Gasteiger partial charge in [-0.1, -0.05) is 37.1 Å². The molecule has 2 aliphatic heterocycles. The fourth-order valence-corrected chi connectivity index (χ4v) is 5.48. The zero-order valence-electron chi connectivity index (χ0n) is 16.6. The normalized spacial score (nSPS) is 31.4. The van der Waals surface area contributed by atoms with Crippen molar-refractivity contribution in [3.8, 4) is 0 Å². The van der Waals surface area contributed by atoms with Gasteiger partial charge in [0.25, 0.3) is 5.91 Å². The third-order valence-electron chi connectivity index (χ3n) is 7.02. The second-order valence-corrected chi connectivity index (χ2v) is 8.70. The van der Waals surface area contributed by atoms with E-state index in [1.807, 2.05) is 23.1 Å². The first-order valence-electron chi connectivity index (χ1n) is 10.7. The average molecular weight is 397 g/mol. The van der Waals surface area contributed by atoms with E-state index in [-0.39, 0.29) is 30.5 Å². The molecule has 3 unspecified atom stereocenters. The summed E-state index contributed by atoms with van der Waals surface area (Å²) in [6.45, 7) is 0.868. The van der Waals surface area contributed by atoms with Crippen molar-refractivity contribution < 1.29 is 19.1 Å². The van der Waals surface area contributed by atoms with E-state index in [1.54, 1.807) is 0 Å². The van der Waals surface area contributed by atoms with E-state index in [4.69, 9.17) is 4.74 Å². The van der Waals surface area contributed by atoms with Crippen LogP contribution in [0.2, 0.25) is 0 Å². The lowest BCUT2D eigenvalue weighted by Crippen LogP contribution is -2.57. The van der Waals surface area contributed by atoms with E-state index in [0.29, 0.717) is 26.0 Å². The molecule has 0 bridgehead atoms. The van der Waals surface area contributed by atoms with E-state index < -0.39 is 11.6 Å². The van der Waals surface area contributed by atoms with Crippen LogP contribution in [0.25, 0.3) is 0 Å². The molecule has 154 valence electrons. The third-order valence-corrected chi connectivity index (χ3v) is 7.02. The van der Waals surface area contributed by atoms with Gasteiger partial charge in [0.2, 0.25) is 5.91 Å². The van der Waals surface area contributed by atoms with Crippen LogP contribution in [0.1, 0.15) is 43.2 Å². The summed E-state index contributed by atoms with van der Waals surface area (Å²) in [6.07, 6.45) is 6.00. The van der Waals surface area contributed by atoms with Crippen LogP contribution in [0.5, 0.6) is 0 Å². The number of benzene rings is 1. The summed E-state index contributed by atoms with van der Waals surface area (Å²) in [4.78, 5) is 42.0. The maximum atomic E-state index is 13.3. The van der Waals surface area contributed by atoms with Crippen LogP contribution >= 0.6 is 0 Å². The van der Waals surface area contributed by atoms with E-state index in [1.165, 1.54) is 5.56 Å². The van der Waals surface area contributed by atoms with Gasteiger partial charge in [0.15, 0.2) is 0 Å². The van der Waals surface area contributed by atoms with Crippen molar-refractivity contribution >= 4 is 17.8 Å². The van der Waals surface area contributed by atoms with Gasteiger partial charge in [0, 0.05) is 13.0 Å². The number of hydrogen-bond acceptors (Lipinski definition) is 4. The van der Waals surface area contributed by atoms with Gasteiger partial charge < -0.3 is 15.0 Å². The fraction of sp³-hybridized carbons (Fsp3) is 0.591. The summed E-state index contributed by atoms with van der Waals surface area (Å²) < 4.78 is 5.84. The summed E-state index contributed by atoms with van der Waals surface area (Å²) in [5.74, 6) is -0.416. The lowest BCUT2D eigenvalue weighted by molar-refractivity contribution is -0.152. The maximum absolute atomic E-state index is 13.3. The highest BCUT2D eigenvalue weighted by Crippen LogP contribution is 2.34. The predicted octanol–water partition coefficient (Wildman–Crippen LogP) is 1.64. The van der Waals surface area contributed by atoms with E-state index in [2.05, 4.69) is 11.4 Å².